The predicted octanol–water partition coefficient (Wildman–Crippen LogP) is 2.36. The van der Waals surface area contributed by atoms with E-state index >= 15 is 0 Å². The van der Waals surface area contributed by atoms with Crippen LogP contribution in [0.2, 0.25) is 0 Å². The molecule has 0 fully saturated rings. The van der Waals surface area contributed by atoms with Gasteiger partial charge in [-0.2, -0.15) is 0 Å². The maximum Gasteiger partial charge on any atom is 0.279 e. The summed E-state index contributed by atoms with van der Waals surface area (Å²) in [6.07, 6.45) is 1.21. The van der Waals surface area contributed by atoms with E-state index in [-0.39, 0.29) is 17.0 Å². The Morgan fingerprint density at radius 2 is 1.81 bits per heavy atom. The van der Waals surface area contributed by atoms with Gasteiger partial charge in [0, 0.05) is 12.1 Å². The molecular weight excluding hydrogens is 357 g/mol. The van der Waals surface area contributed by atoms with E-state index in [1.807, 2.05) is 0 Å². The van der Waals surface area contributed by atoms with Crippen molar-refractivity contribution in [1.82, 2.24) is 10.9 Å². The Labute approximate surface area is 153 Å². The molecule has 0 saturated carbocycles. The Hall–Kier alpha value is -3.75. The van der Waals surface area contributed by atoms with E-state index in [0.717, 1.165) is 6.08 Å². The molecule has 9 heteroatoms. The van der Waals surface area contributed by atoms with Crippen LogP contribution in [0.1, 0.15) is 12.5 Å². The van der Waals surface area contributed by atoms with Crippen LogP contribution in [0.4, 0.5) is 10.1 Å². The van der Waals surface area contributed by atoms with Crippen molar-refractivity contribution in [3.8, 4) is 5.75 Å². The molecule has 0 radical (unpaired) electrons. The molecule has 0 aliphatic heterocycles. The molecule has 8 nitrogen and oxygen atoms in total. The molecule has 0 aliphatic rings. The van der Waals surface area contributed by atoms with E-state index in [4.69, 9.17) is 4.74 Å². The van der Waals surface area contributed by atoms with E-state index in [9.17, 15) is 24.1 Å². The van der Waals surface area contributed by atoms with Gasteiger partial charge in [-0.3, -0.25) is 30.6 Å². The van der Waals surface area contributed by atoms with Gasteiger partial charge in [-0.1, -0.05) is 24.3 Å². The summed E-state index contributed by atoms with van der Waals surface area (Å²) in [5.74, 6) is -2.12. The van der Waals surface area contributed by atoms with Crippen molar-refractivity contribution in [2.75, 3.05) is 0 Å². The number of para-hydroxylation sites is 2. The summed E-state index contributed by atoms with van der Waals surface area (Å²) in [6, 6.07) is 11.5. The van der Waals surface area contributed by atoms with Crippen molar-refractivity contribution < 1.29 is 23.6 Å². The third-order valence-corrected chi connectivity index (χ3v) is 3.37. The number of nitrogens with zero attached hydrogens (tertiary/aromatic N) is 1. The Morgan fingerprint density at radius 3 is 2.52 bits per heavy atom. The van der Waals surface area contributed by atoms with Crippen molar-refractivity contribution in [1.29, 1.82) is 0 Å². The van der Waals surface area contributed by atoms with Crippen molar-refractivity contribution in [3.05, 3.63) is 76.1 Å². The van der Waals surface area contributed by atoms with Crippen LogP contribution in [-0.2, 0) is 9.59 Å². The smallest absolute Gasteiger partial charge is 0.279 e. The average molecular weight is 373 g/mol. The predicted molar refractivity (Wildman–Crippen MR) is 94.9 cm³/mol. The second-order valence-electron chi connectivity index (χ2n) is 5.32. The maximum absolute atomic E-state index is 13.5. The van der Waals surface area contributed by atoms with Gasteiger partial charge in [-0.05, 0) is 31.2 Å². The fourth-order valence-corrected chi connectivity index (χ4v) is 2.01. The molecule has 2 rings (SSSR count). The number of ether oxygens (including phenoxy) is 1. The Morgan fingerprint density at radius 1 is 1.15 bits per heavy atom. The van der Waals surface area contributed by atoms with Crippen molar-refractivity contribution in [2.24, 2.45) is 0 Å². The van der Waals surface area contributed by atoms with Gasteiger partial charge in [0.15, 0.2) is 17.7 Å². The summed E-state index contributed by atoms with van der Waals surface area (Å²) in [5.41, 5.74) is 4.32. The van der Waals surface area contributed by atoms with Gasteiger partial charge < -0.3 is 4.74 Å². The number of halogens is 1. The zero-order valence-corrected chi connectivity index (χ0v) is 14.2. The molecule has 0 spiro atoms. The molecule has 2 aromatic rings. The lowest BCUT2D eigenvalue weighted by atomic mass is 10.1. The highest BCUT2D eigenvalue weighted by Gasteiger charge is 2.16. The number of hydrogen-bond donors (Lipinski definition) is 2. The number of nitrogens with one attached hydrogen (secondary N) is 2. The minimum Gasteiger partial charge on any atom is -0.478 e. The van der Waals surface area contributed by atoms with Crippen molar-refractivity contribution in [3.63, 3.8) is 0 Å². The summed E-state index contributed by atoms with van der Waals surface area (Å²) in [7, 11) is 0. The fourth-order valence-electron chi connectivity index (χ4n) is 2.01. The second kappa shape index (κ2) is 9.09. The average Bonchev–Trinajstić information content (AvgIpc) is 2.66. The lowest BCUT2D eigenvalue weighted by molar-refractivity contribution is -0.385. The third-order valence-electron chi connectivity index (χ3n) is 3.37. The van der Waals surface area contributed by atoms with Crippen LogP contribution >= 0.6 is 0 Å². The Bertz CT molecular complexity index is 885. The van der Waals surface area contributed by atoms with E-state index in [1.165, 1.54) is 49.4 Å². The first-order valence-electron chi connectivity index (χ1n) is 7.81. The number of nitro benzene ring substituents is 1. The largest absolute Gasteiger partial charge is 0.478 e. The van der Waals surface area contributed by atoms with Gasteiger partial charge >= 0.3 is 0 Å². The molecule has 0 aromatic heterocycles. The van der Waals surface area contributed by atoms with Crippen LogP contribution in [-0.4, -0.2) is 22.8 Å². The van der Waals surface area contributed by atoms with Gasteiger partial charge in [0.2, 0.25) is 0 Å². The van der Waals surface area contributed by atoms with Crippen molar-refractivity contribution in [2.45, 2.75) is 13.0 Å². The molecule has 1 atom stereocenters. The number of hydrazine groups is 1. The summed E-state index contributed by atoms with van der Waals surface area (Å²) >= 11 is 0. The van der Waals surface area contributed by atoms with Crippen LogP contribution < -0.4 is 15.6 Å². The lowest BCUT2D eigenvalue weighted by Crippen LogP contribution is -2.46. The number of carbonyl (C=O) groups excluding carboxylic acids is 2. The Balaban J connectivity index is 1.89. The molecule has 2 amide bonds. The minimum atomic E-state index is -1.07. The van der Waals surface area contributed by atoms with Gasteiger partial charge in [-0.15, -0.1) is 0 Å². The number of amides is 2. The highest BCUT2D eigenvalue weighted by atomic mass is 19.1. The molecule has 0 aliphatic carbocycles. The molecule has 27 heavy (non-hydrogen) atoms. The first-order valence-corrected chi connectivity index (χ1v) is 7.81. The van der Waals surface area contributed by atoms with Gasteiger partial charge in [0.1, 0.15) is 0 Å². The molecular formula is C18H16FN3O5. The minimum absolute atomic E-state index is 0.0947. The molecule has 0 bridgehead atoms. The molecule has 140 valence electrons. The van der Waals surface area contributed by atoms with Gasteiger partial charge in [-0.25, -0.2) is 4.39 Å². The number of benzene rings is 2. The number of nitro groups is 1. The molecule has 1 unspecified atom stereocenters. The lowest BCUT2D eigenvalue weighted by Gasteiger charge is -2.15. The van der Waals surface area contributed by atoms with Crippen LogP contribution in [0.5, 0.6) is 5.75 Å². The zero-order valence-electron chi connectivity index (χ0n) is 14.2. The van der Waals surface area contributed by atoms with E-state index in [0.29, 0.717) is 0 Å². The molecule has 0 saturated heterocycles. The summed E-state index contributed by atoms with van der Waals surface area (Å²) in [6.45, 7) is 1.39. The van der Waals surface area contributed by atoms with Gasteiger partial charge in [0.05, 0.1) is 10.5 Å². The first-order chi connectivity index (χ1) is 12.9. The molecule has 2 aromatic carbocycles. The van der Waals surface area contributed by atoms with Crippen LogP contribution in [0, 0.1) is 15.9 Å². The van der Waals surface area contributed by atoms with E-state index < -0.39 is 28.7 Å². The summed E-state index contributed by atoms with van der Waals surface area (Å²) < 4.78 is 18.7. The highest BCUT2D eigenvalue weighted by Crippen LogP contribution is 2.19. The number of rotatable bonds is 6. The van der Waals surface area contributed by atoms with Gasteiger partial charge in [0.25, 0.3) is 17.5 Å². The Kier molecular flexibility index (Phi) is 6.59. The monoisotopic (exact) mass is 373 g/mol. The molecule has 2 N–H and O–H groups in total. The number of carbonyl (C=O) groups is 2. The topological polar surface area (TPSA) is 111 Å². The fraction of sp³-hybridized carbons (Fsp3) is 0.111. The summed E-state index contributed by atoms with van der Waals surface area (Å²) in [4.78, 5) is 34.0. The summed E-state index contributed by atoms with van der Waals surface area (Å²) in [5, 5.41) is 10.9. The van der Waals surface area contributed by atoms with Crippen LogP contribution in [0.3, 0.4) is 0 Å². The molecule has 0 heterocycles. The van der Waals surface area contributed by atoms with E-state index in [2.05, 4.69) is 10.9 Å². The maximum atomic E-state index is 13.5. The zero-order chi connectivity index (χ0) is 19.8. The van der Waals surface area contributed by atoms with E-state index in [1.54, 1.807) is 12.1 Å². The van der Waals surface area contributed by atoms with Crippen molar-refractivity contribution >= 4 is 23.6 Å². The SMILES string of the molecule is CC(Oc1ccccc1F)C(=O)NNC(=O)C=Cc1ccccc1[N+](=O)[O-]. The number of hydrogen-bond acceptors (Lipinski definition) is 5. The standard InChI is InChI=1S/C18H16FN3O5/c1-12(27-16-9-5-3-7-14(16)19)18(24)21-20-17(23)11-10-13-6-2-4-8-15(13)22(25)26/h2-12H,1H3,(H,20,23)(H,21,24). The third kappa shape index (κ3) is 5.63. The van der Waals surface area contributed by atoms with Crippen LogP contribution in [0.15, 0.2) is 54.6 Å². The normalized spacial score (nSPS) is 11.6. The highest BCUT2D eigenvalue weighted by molar-refractivity contribution is 5.94. The quantitative estimate of drug-likeness (QED) is 0.459. The second-order valence-corrected chi connectivity index (χ2v) is 5.32. The van der Waals surface area contributed by atoms with Crippen LogP contribution in [0.25, 0.3) is 6.08 Å². The first kappa shape index (κ1) is 19.6.